The van der Waals surface area contributed by atoms with Gasteiger partial charge in [-0.1, -0.05) is 12.1 Å². The zero-order valence-corrected chi connectivity index (χ0v) is 10.5. The van der Waals surface area contributed by atoms with E-state index in [1.165, 1.54) is 0 Å². The molecule has 0 atom stereocenters. The highest BCUT2D eigenvalue weighted by molar-refractivity contribution is 6.01. The van der Waals surface area contributed by atoms with Crippen LogP contribution in [-0.4, -0.2) is 37.7 Å². The molecule has 98 valence electrons. The molecule has 1 aliphatic rings. The Morgan fingerprint density at radius 1 is 1.16 bits per heavy atom. The predicted molar refractivity (Wildman–Crippen MR) is 74.0 cm³/mol. The maximum atomic E-state index is 11.0. The van der Waals surface area contributed by atoms with Gasteiger partial charge < -0.3 is 14.7 Å². The number of hydrogen-bond donors (Lipinski definition) is 1. The topological polar surface area (TPSA) is 49.8 Å². The molecule has 0 unspecified atom stereocenters. The minimum atomic E-state index is 0.0293. The molecule has 1 N–H and O–H groups in total. The van der Waals surface area contributed by atoms with Crippen LogP contribution in [0, 0.1) is 0 Å². The molecule has 19 heavy (non-hydrogen) atoms. The average Bonchev–Trinajstić information content (AvgIpc) is 2.47. The summed E-state index contributed by atoms with van der Waals surface area (Å²) in [7, 11) is 0. The van der Waals surface area contributed by atoms with Crippen molar-refractivity contribution >= 4 is 22.7 Å². The van der Waals surface area contributed by atoms with Gasteiger partial charge in [0.25, 0.3) is 0 Å². The van der Waals surface area contributed by atoms with E-state index in [1.807, 2.05) is 24.3 Å². The van der Waals surface area contributed by atoms with Crippen molar-refractivity contribution in [2.45, 2.75) is 0 Å². The Morgan fingerprint density at radius 2 is 1.95 bits per heavy atom. The number of hydrogen-bond acceptors (Lipinski definition) is 4. The number of aromatic hydroxyl groups is 1. The number of rotatable bonds is 2. The van der Waals surface area contributed by atoms with Gasteiger partial charge in [0.15, 0.2) is 6.29 Å². The van der Waals surface area contributed by atoms with Gasteiger partial charge in [-0.25, -0.2) is 0 Å². The van der Waals surface area contributed by atoms with E-state index in [2.05, 4.69) is 4.90 Å². The van der Waals surface area contributed by atoms with Crippen molar-refractivity contribution in [1.82, 2.24) is 0 Å². The van der Waals surface area contributed by atoms with Gasteiger partial charge in [0.2, 0.25) is 0 Å². The molecule has 1 heterocycles. The Labute approximate surface area is 111 Å². The van der Waals surface area contributed by atoms with Crippen molar-refractivity contribution in [3.8, 4) is 5.75 Å². The first-order valence-electron chi connectivity index (χ1n) is 6.33. The Bertz CT molecular complexity index is 618. The third-order valence-corrected chi connectivity index (χ3v) is 3.52. The second kappa shape index (κ2) is 4.90. The molecule has 3 rings (SSSR count). The number of nitrogens with zero attached hydrogens (tertiary/aromatic N) is 1. The van der Waals surface area contributed by atoms with Crippen molar-refractivity contribution in [2.75, 3.05) is 31.2 Å². The number of fused-ring (bicyclic) bond motifs is 1. The standard InChI is InChI=1S/C15H15NO3/c17-10-14-13-3-2-12(16-5-7-19-8-6-16)9-11(13)1-4-15(14)18/h1-4,9-10,18H,5-8H2. The van der Waals surface area contributed by atoms with E-state index in [9.17, 15) is 9.90 Å². The maximum absolute atomic E-state index is 11.0. The minimum absolute atomic E-state index is 0.0293. The van der Waals surface area contributed by atoms with Gasteiger partial charge >= 0.3 is 0 Å². The van der Waals surface area contributed by atoms with Crippen LogP contribution in [0.25, 0.3) is 10.8 Å². The molecule has 1 fully saturated rings. The molecule has 2 aromatic carbocycles. The summed E-state index contributed by atoms with van der Waals surface area (Å²) in [5.74, 6) is 0.0293. The van der Waals surface area contributed by atoms with E-state index >= 15 is 0 Å². The second-order valence-corrected chi connectivity index (χ2v) is 4.62. The van der Waals surface area contributed by atoms with Crippen LogP contribution in [0.2, 0.25) is 0 Å². The summed E-state index contributed by atoms with van der Waals surface area (Å²) in [6.45, 7) is 3.24. The van der Waals surface area contributed by atoms with E-state index in [0.717, 1.165) is 42.8 Å². The summed E-state index contributed by atoms with van der Waals surface area (Å²) in [5.41, 5.74) is 1.48. The van der Waals surface area contributed by atoms with Crippen molar-refractivity contribution in [3.63, 3.8) is 0 Å². The van der Waals surface area contributed by atoms with Gasteiger partial charge in [0, 0.05) is 18.8 Å². The Balaban J connectivity index is 2.06. The lowest BCUT2D eigenvalue weighted by atomic mass is 10.0. The summed E-state index contributed by atoms with van der Waals surface area (Å²) in [6, 6.07) is 9.33. The van der Waals surface area contributed by atoms with E-state index < -0.39 is 0 Å². The van der Waals surface area contributed by atoms with Crippen LogP contribution in [0.3, 0.4) is 0 Å². The van der Waals surface area contributed by atoms with E-state index in [0.29, 0.717) is 11.8 Å². The summed E-state index contributed by atoms with van der Waals surface area (Å²) in [6.07, 6.45) is 0.700. The fourth-order valence-electron chi connectivity index (χ4n) is 2.47. The van der Waals surface area contributed by atoms with Crippen molar-refractivity contribution in [3.05, 3.63) is 35.9 Å². The Morgan fingerprint density at radius 3 is 2.68 bits per heavy atom. The maximum Gasteiger partial charge on any atom is 0.154 e. The SMILES string of the molecule is O=Cc1c(O)ccc2cc(N3CCOCC3)ccc12. The molecule has 0 saturated carbocycles. The summed E-state index contributed by atoms with van der Waals surface area (Å²) in [4.78, 5) is 13.3. The Kier molecular flexibility index (Phi) is 3.09. The first-order chi connectivity index (χ1) is 9.29. The number of ether oxygens (including phenoxy) is 1. The Hall–Kier alpha value is -2.07. The largest absolute Gasteiger partial charge is 0.507 e. The fraction of sp³-hybridized carbons (Fsp3) is 0.267. The first kappa shape index (κ1) is 12.0. The number of morpholine rings is 1. The molecule has 1 saturated heterocycles. The van der Waals surface area contributed by atoms with Crippen molar-refractivity contribution in [1.29, 1.82) is 0 Å². The molecule has 4 nitrogen and oxygen atoms in total. The van der Waals surface area contributed by atoms with Crippen LogP contribution >= 0.6 is 0 Å². The lowest BCUT2D eigenvalue weighted by Gasteiger charge is -2.29. The number of carbonyl (C=O) groups is 1. The third-order valence-electron chi connectivity index (χ3n) is 3.52. The zero-order chi connectivity index (χ0) is 13.2. The zero-order valence-electron chi connectivity index (χ0n) is 10.5. The first-order valence-corrected chi connectivity index (χ1v) is 6.33. The average molecular weight is 257 g/mol. The molecule has 0 bridgehead atoms. The normalized spacial score (nSPS) is 15.7. The molecular weight excluding hydrogens is 242 g/mol. The predicted octanol–water partition coefficient (Wildman–Crippen LogP) is 2.19. The highest BCUT2D eigenvalue weighted by atomic mass is 16.5. The van der Waals surface area contributed by atoms with Gasteiger partial charge in [-0.3, -0.25) is 4.79 Å². The molecular formula is C15H15NO3. The number of phenols is 1. The van der Waals surface area contributed by atoms with Crippen LogP contribution in [-0.2, 0) is 4.74 Å². The second-order valence-electron chi connectivity index (χ2n) is 4.62. The van der Waals surface area contributed by atoms with Gasteiger partial charge in [0.1, 0.15) is 5.75 Å². The van der Waals surface area contributed by atoms with Gasteiger partial charge in [-0.05, 0) is 29.0 Å². The van der Waals surface area contributed by atoms with Gasteiger partial charge in [0.05, 0.1) is 18.8 Å². The third kappa shape index (κ3) is 2.15. The fourth-order valence-corrected chi connectivity index (χ4v) is 2.47. The molecule has 0 radical (unpaired) electrons. The van der Waals surface area contributed by atoms with Crippen molar-refractivity contribution < 1.29 is 14.6 Å². The number of phenolic OH excluding ortho intramolecular Hbond substituents is 1. The summed E-state index contributed by atoms with van der Waals surface area (Å²) >= 11 is 0. The molecule has 0 aliphatic carbocycles. The monoisotopic (exact) mass is 257 g/mol. The quantitative estimate of drug-likeness (QED) is 0.838. The molecule has 2 aromatic rings. The van der Waals surface area contributed by atoms with Crippen LogP contribution in [0.4, 0.5) is 5.69 Å². The van der Waals surface area contributed by atoms with E-state index in [4.69, 9.17) is 4.74 Å². The van der Waals surface area contributed by atoms with E-state index in [1.54, 1.807) is 6.07 Å². The number of aldehydes is 1. The number of anilines is 1. The van der Waals surface area contributed by atoms with Crippen LogP contribution in [0.15, 0.2) is 30.3 Å². The highest BCUT2D eigenvalue weighted by Gasteiger charge is 2.13. The molecule has 0 spiro atoms. The summed E-state index contributed by atoms with van der Waals surface area (Å²) < 4.78 is 5.34. The molecule has 4 heteroatoms. The molecule has 0 aromatic heterocycles. The lowest BCUT2D eigenvalue weighted by Crippen LogP contribution is -2.36. The van der Waals surface area contributed by atoms with Crippen molar-refractivity contribution in [2.24, 2.45) is 0 Å². The highest BCUT2D eigenvalue weighted by Crippen LogP contribution is 2.29. The lowest BCUT2D eigenvalue weighted by molar-refractivity contribution is 0.112. The molecule has 0 amide bonds. The molecule has 1 aliphatic heterocycles. The number of benzene rings is 2. The van der Waals surface area contributed by atoms with Gasteiger partial charge in [-0.2, -0.15) is 0 Å². The van der Waals surface area contributed by atoms with Crippen LogP contribution < -0.4 is 4.90 Å². The summed E-state index contributed by atoms with van der Waals surface area (Å²) in [5, 5.41) is 11.4. The minimum Gasteiger partial charge on any atom is -0.507 e. The van der Waals surface area contributed by atoms with Gasteiger partial charge in [-0.15, -0.1) is 0 Å². The number of carbonyl (C=O) groups excluding carboxylic acids is 1. The van der Waals surface area contributed by atoms with Crippen LogP contribution in [0.5, 0.6) is 5.75 Å². The smallest absolute Gasteiger partial charge is 0.154 e. The van der Waals surface area contributed by atoms with Crippen LogP contribution in [0.1, 0.15) is 10.4 Å². The van der Waals surface area contributed by atoms with E-state index in [-0.39, 0.29) is 5.75 Å².